The molecular formula is C12H12N2OS2. The van der Waals surface area contributed by atoms with Crippen molar-refractivity contribution >= 4 is 28.9 Å². The summed E-state index contributed by atoms with van der Waals surface area (Å²) in [5.74, 6) is 1.15. The first-order valence-corrected chi connectivity index (χ1v) is 7.18. The highest BCUT2D eigenvalue weighted by Gasteiger charge is 2.06. The number of rotatable bonds is 6. The molecule has 2 rings (SSSR count). The van der Waals surface area contributed by atoms with Crippen LogP contribution in [0.15, 0.2) is 41.1 Å². The lowest BCUT2D eigenvalue weighted by atomic mass is 10.2. The minimum absolute atomic E-state index is 0.239. The van der Waals surface area contributed by atoms with Crippen LogP contribution in [0.1, 0.15) is 22.5 Å². The fourth-order valence-electron chi connectivity index (χ4n) is 1.33. The molecule has 5 heteroatoms. The molecule has 2 heterocycles. The number of carbonyl (C=O) groups excluding carboxylic acids is 1. The maximum atomic E-state index is 11.7. The molecule has 0 unspecified atom stereocenters. The average Bonchev–Trinajstić information content (AvgIpc) is 2.89. The third kappa shape index (κ3) is 3.94. The van der Waals surface area contributed by atoms with Gasteiger partial charge in [0.05, 0.1) is 9.90 Å². The summed E-state index contributed by atoms with van der Waals surface area (Å²) < 4.78 is 0. The highest BCUT2D eigenvalue weighted by Crippen LogP contribution is 2.17. The van der Waals surface area contributed by atoms with Crippen LogP contribution >= 0.6 is 23.1 Å². The Morgan fingerprint density at radius 1 is 1.41 bits per heavy atom. The van der Waals surface area contributed by atoms with Gasteiger partial charge < -0.3 is 0 Å². The van der Waals surface area contributed by atoms with Crippen LogP contribution in [-0.4, -0.2) is 21.5 Å². The van der Waals surface area contributed by atoms with Crippen LogP contribution in [0, 0.1) is 0 Å². The molecule has 0 saturated heterocycles. The number of hydrogen-bond acceptors (Lipinski definition) is 5. The molecule has 2 aromatic rings. The summed E-state index contributed by atoms with van der Waals surface area (Å²) in [6.07, 6.45) is 4.76. The van der Waals surface area contributed by atoms with E-state index < -0.39 is 0 Å². The Hall–Kier alpha value is -1.20. The quantitative estimate of drug-likeness (QED) is 0.347. The summed E-state index contributed by atoms with van der Waals surface area (Å²) >= 11 is 3.17. The Morgan fingerprint density at radius 2 is 2.35 bits per heavy atom. The lowest BCUT2D eigenvalue weighted by Gasteiger charge is -1.99. The van der Waals surface area contributed by atoms with Gasteiger partial charge in [-0.1, -0.05) is 6.07 Å². The van der Waals surface area contributed by atoms with E-state index in [-0.39, 0.29) is 5.78 Å². The standard InChI is InChI=1S/C12H12N2OS2/c15-10(11-4-2-7-16-11)3-1-8-17-12-5-6-13-9-14-12/h2,4-7,9H,1,3,8H2. The fourth-order valence-corrected chi connectivity index (χ4v) is 2.80. The molecule has 17 heavy (non-hydrogen) atoms. The molecule has 0 aliphatic rings. The molecule has 0 fully saturated rings. The van der Waals surface area contributed by atoms with E-state index in [0.29, 0.717) is 6.42 Å². The maximum Gasteiger partial charge on any atom is 0.172 e. The molecule has 0 bridgehead atoms. The highest BCUT2D eigenvalue weighted by atomic mass is 32.2. The summed E-state index contributed by atoms with van der Waals surface area (Å²) in [4.78, 5) is 20.5. The van der Waals surface area contributed by atoms with Gasteiger partial charge in [0.15, 0.2) is 5.78 Å². The number of hydrogen-bond donors (Lipinski definition) is 0. The predicted molar refractivity (Wildman–Crippen MR) is 70.6 cm³/mol. The van der Waals surface area contributed by atoms with Crippen LogP contribution < -0.4 is 0 Å². The van der Waals surface area contributed by atoms with E-state index in [2.05, 4.69) is 9.97 Å². The fraction of sp³-hybridized carbons (Fsp3) is 0.250. The molecule has 0 spiro atoms. The van der Waals surface area contributed by atoms with Crippen molar-refractivity contribution in [2.45, 2.75) is 17.9 Å². The number of ketones is 1. The normalized spacial score (nSPS) is 10.4. The topological polar surface area (TPSA) is 42.9 Å². The monoisotopic (exact) mass is 264 g/mol. The minimum Gasteiger partial charge on any atom is -0.293 e. The molecule has 0 radical (unpaired) electrons. The van der Waals surface area contributed by atoms with Gasteiger partial charge in [0.2, 0.25) is 0 Å². The zero-order valence-electron chi connectivity index (χ0n) is 9.20. The van der Waals surface area contributed by atoms with Crippen molar-refractivity contribution in [3.05, 3.63) is 41.0 Å². The summed E-state index contributed by atoms with van der Waals surface area (Å²) in [5, 5.41) is 2.90. The van der Waals surface area contributed by atoms with E-state index in [9.17, 15) is 4.79 Å². The van der Waals surface area contributed by atoms with Gasteiger partial charge in [-0.15, -0.1) is 23.1 Å². The number of aromatic nitrogens is 2. The number of nitrogens with zero attached hydrogens (tertiary/aromatic N) is 2. The van der Waals surface area contributed by atoms with Crippen LogP contribution in [0.2, 0.25) is 0 Å². The summed E-state index contributed by atoms with van der Waals surface area (Å²) in [6, 6.07) is 5.67. The molecule has 0 aliphatic heterocycles. The van der Waals surface area contributed by atoms with Crippen molar-refractivity contribution in [2.75, 3.05) is 5.75 Å². The van der Waals surface area contributed by atoms with Crippen LogP contribution in [0.25, 0.3) is 0 Å². The summed E-state index contributed by atoms with van der Waals surface area (Å²) in [7, 11) is 0. The van der Waals surface area contributed by atoms with Crippen molar-refractivity contribution < 1.29 is 4.79 Å². The zero-order valence-corrected chi connectivity index (χ0v) is 10.8. The summed E-state index contributed by atoms with van der Waals surface area (Å²) in [5.41, 5.74) is 0. The first-order valence-electron chi connectivity index (χ1n) is 5.32. The van der Waals surface area contributed by atoms with Gasteiger partial charge in [0.25, 0.3) is 0 Å². The van der Waals surface area contributed by atoms with Crippen molar-refractivity contribution in [3.8, 4) is 0 Å². The molecule has 0 aliphatic carbocycles. The Kier molecular flexibility index (Phi) is 4.70. The van der Waals surface area contributed by atoms with Gasteiger partial charge in [0.1, 0.15) is 6.33 Å². The highest BCUT2D eigenvalue weighted by molar-refractivity contribution is 7.99. The Bertz CT molecular complexity index is 457. The lowest BCUT2D eigenvalue weighted by molar-refractivity contribution is 0.0986. The summed E-state index contributed by atoms with van der Waals surface area (Å²) in [6.45, 7) is 0. The van der Waals surface area contributed by atoms with Crippen LogP contribution in [0.5, 0.6) is 0 Å². The Morgan fingerprint density at radius 3 is 3.06 bits per heavy atom. The van der Waals surface area contributed by atoms with E-state index in [1.54, 1.807) is 24.3 Å². The van der Waals surface area contributed by atoms with Gasteiger partial charge >= 0.3 is 0 Å². The largest absolute Gasteiger partial charge is 0.293 e. The SMILES string of the molecule is O=C(CCCSc1ccncn1)c1cccs1. The first kappa shape index (κ1) is 12.3. The van der Waals surface area contributed by atoms with Crippen molar-refractivity contribution in [1.29, 1.82) is 0 Å². The molecule has 0 N–H and O–H groups in total. The zero-order chi connectivity index (χ0) is 11.9. The lowest BCUT2D eigenvalue weighted by Crippen LogP contribution is -1.96. The number of Topliss-reactive ketones (excluding diaryl/α,β-unsaturated/α-hetero) is 1. The molecule has 2 aromatic heterocycles. The second kappa shape index (κ2) is 6.51. The minimum atomic E-state index is 0.239. The van der Waals surface area contributed by atoms with E-state index in [0.717, 1.165) is 22.1 Å². The molecule has 3 nitrogen and oxygen atoms in total. The second-order valence-corrected chi connectivity index (χ2v) is 5.46. The van der Waals surface area contributed by atoms with Crippen LogP contribution in [-0.2, 0) is 0 Å². The number of thiophene rings is 1. The van der Waals surface area contributed by atoms with Gasteiger partial charge in [-0.3, -0.25) is 4.79 Å². The first-order chi connectivity index (χ1) is 8.36. The number of carbonyl (C=O) groups is 1. The van der Waals surface area contributed by atoms with Crippen molar-refractivity contribution in [1.82, 2.24) is 9.97 Å². The molecule has 0 atom stereocenters. The number of thioether (sulfide) groups is 1. The van der Waals surface area contributed by atoms with Crippen molar-refractivity contribution in [2.24, 2.45) is 0 Å². The third-order valence-electron chi connectivity index (χ3n) is 2.15. The van der Waals surface area contributed by atoms with Gasteiger partial charge in [-0.2, -0.15) is 0 Å². The van der Waals surface area contributed by atoms with E-state index in [1.165, 1.54) is 11.3 Å². The third-order valence-corrected chi connectivity index (χ3v) is 4.09. The van der Waals surface area contributed by atoms with E-state index in [4.69, 9.17) is 0 Å². The van der Waals surface area contributed by atoms with E-state index >= 15 is 0 Å². The van der Waals surface area contributed by atoms with Crippen LogP contribution in [0.3, 0.4) is 0 Å². The Balaban J connectivity index is 1.69. The van der Waals surface area contributed by atoms with Gasteiger partial charge in [-0.05, 0) is 29.7 Å². The van der Waals surface area contributed by atoms with Gasteiger partial charge in [-0.25, -0.2) is 9.97 Å². The maximum absolute atomic E-state index is 11.7. The second-order valence-electron chi connectivity index (χ2n) is 3.40. The average molecular weight is 264 g/mol. The van der Waals surface area contributed by atoms with Crippen LogP contribution in [0.4, 0.5) is 0 Å². The van der Waals surface area contributed by atoms with E-state index in [1.807, 2.05) is 23.6 Å². The van der Waals surface area contributed by atoms with Crippen molar-refractivity contribution in [3.63, 3.8) is 0 Å². The molecular weight excluding hydrogens is 252 g/mol. The molecule has 88 valence electrons. The smallest absolute Gasteiger partial charge is 0.172 e. The molecule has 0 amide bonds. The molecule has 0 aromatic carbocycles. The Labute approximate surface area is 108 Å². The predicted octanol–water partition coefficient (Wildman–Crippen LogP) is 3.29. The molecule has 0 saturated carbocycles. The van der Waals surface area contributed by atoms with Gasteiger partial charge in [0, 0.05) is 12.6 Å².